The monoisotopic (exact) mass is 298 g/mol. The van der Waals surface area contributed by atoms with Crippen molar-refractivity contribution < 1.29 is 13.9 Å². The number of furan rings is 1. The van der Waals surface area contributed by atoms with Crippen molar-refractivity contribution in [1.29, 1.82) is 0 Å². The third kappa shape index (κ3) is 2.36. The molecule has 2 unspecified atom stereocenters. The first-order chi connectivity index (χ1) is 10.8. The summed E-state index contributed by atoms with van der Waals surface area (Å²) in [6, 6.07) is 7.79. The maximum Gasteiger partial charge on any atom is 0.290 e. The van der Waals surface area contributed by atoms with Crippen LogP contribution in [0.1, 0.15) is 36.2 Å². The summed E-state index contributed by atoms with van der Waals surface area (Å²) in [6.45, 7) is 0. The van der Waals surface area contributed by atoms with Crippen LogP contribution in [0, 0.1) is 0 Å². The van der Waals surface area contributed by atoms with Gasteiger partial charge in [0.2, 0.25) is 0 Å². The van der Waals surface area contributed by atoms with Crippen LogP contribution in [0.2, 0.25) is 0 Å². The molecule has 2 fully saturated rings. The Morgan fingerprint density at radius 1 is 1.23 bits per heavy atom. The van der Waals surface area contributed by atoms with Gasteiger partial charge in [-0.3, -0.25) is 9.78 Å². The van der Waals surface area contributed by atoms with Crippen LogP contribution in [0.3, 0.4) is 0 Å². The molecule has 5 heteroatoms. The van der Waals surface area contributed by atoms with E-state index in [1.807, 2.05) is 17.0 Å². The number of carbonyl (C=O) groups excluding carboxylic acids is 1. The van der Waals surface area contributed by atoms with E-state index in [1.165, 1.54) is 0 Å². The minimum absolute atomic E-state index is 0.0114. The third-order valence-electron chi connectivity index (χ3n) is 4.59. The summed E-state index contributed by atoms with van der Waals surface area (Å²) in [5.74, 6) is 1.25. The summed E-state index contributed by atoms with van der Waals surface area (Å²) < 4.78 is 11.3. The molecule has 4 heterocycles. The highest BCUT2D eigenvalue weighted by molar-refractivity contribution is 5.92. The molecule has 22 heavy (non-hydrogen) atoms. The standard InChI is InChI=1S/C17H18N2O3/c20-17(16-4-2-8-21-16)19-12-5-6-13(19)10-15(9-12)22-14-3-1-7-18-11-14/h1-4,7-8,11-13,15H,5-6,9-10H2. The Morgan fingerprint density at radius 2 is 2.05 bits per heavy atom. The van der Waals surface area contributed by atoms with Gasteiger partial charge in [0.15, 0.2) is 5.76 Å². The summed E-state index contributed by atoms with van der Waals surface area (Å²) in [5, 5.41) is 0. The lowest BCUT2D eigenvalue weighted by molar-refractivity contribution is 0.0333. The molecule has 2 saturated heterocycles. The predicted octanol–water partition coefficient (Wildman–Crippen LogP) is 2.89. The lowest BCUT2D eigenvalue weighted by atomic mass is 9.99. The zero-order chi connectivity index (χ0) is 14.9. The maximum absolute atomic E-state index is 12.6. The molecule has 2 aliphatic heterocycles. The number of amides is 1. The minimum atomic E-state index is 0.0114. The highest BCUT2D eigenvalue weighted by Gasteiger charge is 2.44. The van der Waals surface area contributed by atoms with Crippen molar-refractivity contribution in [2.75, 3.05) is 0 Å². The van der Waals surface area contributed by atoms with E-state index < -0.39 is 0 Å². The van der Waals surface area contributed by atoms with E-state index in [0.29, 0.717) is 5.76 Å². The van der Waals surface area contributed by atoms with Gasteiger partial charge in [0.25, 0.3) is 5.91 Å². The molecule has 0 spiro atoms. The smallest absolute Gasteiger partial charge is 0.290 e. The normalized spacial score (nSPS) is 26.9. The van der Waals surface area contributed by atoms with Gasteiger partial charge in [-0.15, -0.1) is 0 Å². The van der Waals surface area contributed by atoms with Crippen LogP contribution < -0.4 is 4.74 Å². The van der Waals surface area contributed by atoms with Crippen molar-refractivity contribution >= 4 is 5.91 Å². The number of piperidine rings is 1. The third-order valence-corrected chi connectivity index (χ3v) is 4.59. The number of nitrogens with zero attached hydrogens (tertiary/aromatic N) is 2. The van der Waals surface area contributed by atoms with Crippen molar-refractivity contribution in [1.82, 2.24) is 9.88 Å². The molecule has 2 aliphatic rings. The van der Waals surface area contributed by atoms with Crippen molar-refractivity contribution in [3.05, 3.63) is 48.7 Å². The second-order valence-corrected chi connectivity index (χ2v) is 5.97. The number of aromatic nitrogens is 1. The number of rotatable bonds is 3. The molecule has 5 nitrogen and oxygen atoms in total. The van der Waals surface area contributed by atoms with E-state index in [4.69, 9.17) is 9.15 Å². The first-order valence-corrected chi connectivity index (χ1v) is 7.74. The first-order valence-electron chi connectivity index (χ1n) is 7.74. The lowest BCUT2D eigenvalue weighted by Crippen LogP contribution is -2.49. The lowest BCUT2D eigenvalue weighted by Gasteiger charge is -2.38. The fourth-order valence-electron chi connectivity index (χ4n) is 3.69. The average Bonchev–Trinajstić information content (AvgIpc) is 3.15. The van der Waals surface area contributed by atoms with Crippen molar-refractivity contribution in [3.8, 4) is 5.75 Å². The average molecular weight is 298 g/mol. The largest absolute Gasteiger partial charge is 0.489 e. The van der Waals surface area contributed by atoms with Crippen LogP contribution in [-0.4, -0.2) is 34.0 Å². The predicted molar refractivity (Wildman–Crippen MR) is 79.6 cm³/mol. The van der Waals surface area contributed by atoms with Crippen LogP contribution >= 0.6 is 0 Å². The zero-order valence-corrected chi connectivity index (χ0v) is 12.2. The number of fused-ring (bicyclic) bond motifs is 2. The molecule has 0 radical (unpaired) electrons. The number of hydrogen-bond donors (Lipinski definition) is 0. The van der Waals surface area contributed by atoms with Gasteiger partial charge >= 0.3 is 0 Å². The van der Waals surface area contributed by atoms with E-state index >= 15 is 0 Å². The molecule has 4 rings (SSSR count). The van der Waals surface area contributed by atoms with Crippen LogP contribution in [0.4, 0.5) is 0 Å². The molecule has 0 N–H and O–H groups in total. The summed E-state index contributed by atoms with van der Waals surface area (Å²) >= 11 is 0. The second-order valence-electron chi connectivity index (χ2n) is 5.97. The van der Waals surface area contributed by atoms with Crippen LogP contribution in [-0.2, 0) is 0 Å². The number of pyridine rings is 1. The number of carbonyl (C=O) groups is 1. The zero-order valence-electron chi connectivity index (χ0n) is 12.2. The summed E-state index contributed by atoms with van der Waals surface area (Å²) in [4.78, 5) is 18.6. The van der Waals surface area contributed by atoms with Gasteiger partial charge in [0.05, 0.1) is 12.5 Å². The molecule has 2 atom stereocenters. The van der Waals surface area contributed by atoms with Gasteiger partial charge in [-0.2, -0.15) is 0 Å². The molecular weight excluding hydrogens is 280 g/mol. The molecule has 114 valence electrons. The first kappa shape index (κ1) is 13.4. The van der Waals surface area contributed by atoms with Crippen molar-refractivity contribution in [3.63, 3.8) is 0 Å². The Kier molecular flexibility index (Phi) is 3.33. The van der Waals surface area contributed by atoms with E-state index in [2.05, 4.69) is 4.98 Å². The molecule has 1 amide bonds. The van der Waals surface area contributed by atoms with Gasteiger partial charge in [-0.25, -0.2) is 0 Å². The van der Waals surface area contributed by atoms with E-state index in [9.17, 15) is 4.79 Å². The number of ether oxygens (including phenoxy) is 1. The number of hydrogen-bond acceptors (Lipinski definition) is 4. The summed E-state index contributed by atoms with van der Waals surface area (Å²) in [5.41, 5.74) is 0. The van der Waals surface area contributed by atoms with E-state index in [0.717, 1.165) is 31.4 Å². The van der Waals surface area contributed by atoms with Gasteiger partial charge in [0.1, 0.15) is 11.9 Å². The van der Waals surface area contributed by atoms with Crippen molar-refractivity contribution in [2.24, 2.45) is 0 Å². The Bertz CT molecular complexity index is 627. The second kappa shape index (κ2) is 5.48. The fraction of sp³-hybridized carbons (Fsp3) is 0.412. The highest BCUT2D eigenvalue weighted by Crippen LogP contribution is 2.38. The van der Waals surface area contributed by atoms with Crippen LogP contribution in [0.5, 0.6) is 5.75 Å². The van der Waals surface area contributed by atoms with Gasteiger partial charge in [-0.05, 0) is 37.1 Å². The topological polar surface area (TPSA) is 55.6 Å². The summed E-state index contributed by atoms with van der Waals surface area (Å²) in [6.07, 6.45) is 9.02. The van der Waals surface area contributed by atoms with E-state index in [-0.39, 0.29) is 24.1 Å². The maximum atomic E-state index is 12.6. The molecule has 2 bridgehead atoms. The Hall–Kier alpha value is -2.30. The molecule has 0 aromatic carbocycles. The minimum Gasteiger partial charge on any atom is -0.489 e. The molecule has 0 aliphatic carbocycles. The van der Waals surface area contributed by atoms with Crippen molar-refractivity contribution in [2.45, 2.75) is 43.9 Å². The molecule has 2 aromatic heterocycles. The molecule has 2 aromatic rings. The fourth-order valence-corrected chi connectivity index (χ4v) is 3.69. The SMILES string of the molecule is O=C(c1ccco1)N1C2CCC1CC(Oc1cccnc1)C2. The van der Waals surface area contributed by atoms with E-state index in [1.54, 1.807) is 30.8 Å². The quantitative estimate of drug-likeness (QED) is 0.874. The summed E-state index contributed by atoms with van der Waals surface area (Å²) in [7, 11) is 0. The Labute approximate surface area is 128 Å². The Balaban J connectivity index is 1.47. The van der Waals surface area contributed by atoms with Gasteiger partial charge < -0.3 is 14.1 Å². The van der Waals surface area contributed by atoms with Crippen LogP contribution in [0.15, 0.2) is 47.3 Å². The molecular formula is C17H18N2O3. The van der Waals surface area contributed by atoms with Gasteiger partial charge in [0, 0.05) is 31.1 Å². The van der Waals surface area contributed by atoms with Gasteiger partial charge in [-0.1, -0.05) is 0 Å². The highest BCUT2D eigenvalue weighted by atomic mass is 16.5. The van der Waals surface area contributed by atoms with Crippen LogP contribution in [0.25, 0.3) is 0 Å². The Morgan fingerprint density at radius 3 is 2.68 bits per heavy atom. The molecule has 0 saturated carbocycles.